The minimum atomic E-state index is -0.278. The molecule has 7 aromatic rings. The fourth-order valence-electron chi connectivity index (χ4n) is 13.0. The topological polar surface area (TPSA) is 8.17 Å². The number of hydrogen-bond acceptors (Lipinski definition) is 1. The fourth-order valence-corrected chi connectivity index (χ4v) is 13.0. The second-order valence-electron chi connectivity index (χ2n) is 19.9. The van der Waals surface area contributed by atoms with Gasteiger partial charge in [-0.25, -0.2) is 0 Å². The van der Waals surface area contributed by atoms with Crippen molar-refractivity contribution in [2.75, 3.05) is 4.90 Å². The van der Waals surface area contributed by atoms with E-state index in [4.69, 9.17) is 0 Å². The van der Waals surface area contributed by atoms with Crippen LogP contribution in [0.4, 0.5) is 11.4 Å². The molecule has 0 amide bonds. The van der Waals surface area contributed by atoms with Crippen molar-refractivity contribution in [2.45, 2.75) is 69.7 Å². The Morgan fingerprint density at radius 1 is 0.606 bits per heavy atom. The van der Waals surface area contributed by atoms with Crippen molar-refractivity contribution in [3.8, 4) is 16.8 Å². The molecular formula is C69H58N2. The summed E-state index contributed by atoms with van der Waals surface area (Å²) < 4.78 is 2.43. The van der Waals surface area contributed by atoms with Crippen LogP contribution in [-0.2, 0) is 11.8 Å². The second-order valence-corrected chi connectivity index (χ2v) is 19.9. The van der Waals surface area contributed by atoms with E-state index in [2.05, 4.69) is 247 Å². The van der Waals surface area contributed by atoms with E-state index in [-0.39, 0.29) is 11.5 Å². The van der Waals surface area contributed by atoms with E-state index in [1.165, 1.54) is 100 Å². The molecule has 0 spiro atoms. The van der Waals surface area contributed by atoms with Gasteiger partial charge in [-0.15, -0.1) is 0 Å². The highest BCUT2D eigenvalue weighted by Crippen LogP contribution is 2.60. The Balaban J connectivity index is 0.857. The summed E-state index contributed by atoms with van der Waals surface area (Å²) in [5.74, 6) is 0. The maximum atomic E-state index is 2.58. The van der Waals surface area contributed by atoms with Gasteiger partial charge in [-0.2, -0.15) is 0 Å². The molecule has 6 aliphatic rings. The summed E-state index contributed by atoms with van der Waals surface area (Å²) in [5.41, 5.74) is 24.6. The molecule has 0 aliphatic heterocycles. The molecule has 71 heavy (non-hydrogen) atoms. The molecule has 2 nitrogen and oxygen atoms in total. The van der Waals surface area contributed by atoms with Gasteiger partial charge in [0, 0.05) is 27.8 Å². The maximum absolute atomic E-state index is 2.58. The predicted octanol–water partition coefficient (Wildman–Crippen LogP) is 17.8. The zero-order chi connectivity index (χ0) is 47.3. The third-order valence-corrected chi connectivity index (χ3v) is 16.1. The van der Waals surface area contributed by atoms with Crippen molar-refractivity contribution in [3.63, 3.8) is 0 Å². The first-order chi connectivity index (χ1) is 35.2. The van der Waals surface area contributed by atoms with Crippen molar-refractivity contribution in [1.29, 1.82) is 0 Å². The van der Waals surface area contributed by atoms with E-state index in [0.717, 1.165) is 51.4 Å². The van der Waals surface area contributed by atoms with Gasteiger partial charge in [-0.3, -0.25) is 0 Å². The molecule has 0 radical (unpaired) electrons. The average molecular weight is 915 g/mol. The summed E-state index contributed by atoms with van der Waals surface area (Å²) in [6.07, 6.45) is 41.1. The molecule has 1 heterocycles. The number of nitrogens with zero attached hydrogens (tertiary/aromatic N) is 2. The Morgan fingerprint density at radius 2 is 1.32 bits per heavy atom. The molecule has 1 aromatic heterocycles. The van der Waals surface area contributed by atoms with Crippen LogP contribution in [0.25, 0.3) is 44.2 Å². The lowest BCUT2D eigenvalue weighted by molar-refractivity contribution is 0.670. The third kappa shape index (κ3) is 7.22. The third-order valence-electron chi connectivity index (χ3n) is 16.1. The first-order valence-electron chi connectivity index (χ1n) is 25.9. The SMILES string of the molecule is C\C=C/C=C\C=C\C1=CC=C(C2(c3ccc(-c4cccc5c4CC4=CC(N(c6ccccc6)c6ccc7c8ccccc8n(-c8ccccc8)c7c6)CC=C45)cc3)C3=C(CCC=C3)C3=C2C=CCC3)CC1. The van der Waals surface area contributed by atoms with Crippen LogP contribution in [0.3, 0.4) is 0 Å². The largest absolute Gasteiger partial charge is 0.334 e. The highest BCUT2D eigenvalue weighted by atomic mass is 15.2. The van der Waals surface area contributed by atoms with Crippen LogP contribution in [0.2, 0.25) is 0 Å². The Hall–Kier alpha value is -7.94. The smallest absolute Gasteiger partial charge is 0.0669 e. The van der Waals surface area contributed by atoms with Gasteiger partial charge in [0.2, 0.25) is 0 Å². The summed E-state index contributed by atoms with van der Waals surface area (Å²) in [6.45, 7) is 2.06. The molecule has 0 saturated carbocycles. The van der Waals surface area contributed by atoms with E-state index in [1.54, 1.807) is 11.1 Å². The molecular weight excluding hydrogens is 857 g/mol. The zero-order valence-corrected chi connectivity index (χ0v) is 40.6. The number of para-hydroxylation sites is 3. The first kappa shape index (κ1) is 43.1. The van der Waals surface area contributed by atoms with E-state index in [9.17, 15) is 0 Å². The number of anilines is 2. The minimum absolute atomic E-state index is 0.153. The lowest BCUT2D eigenvalue weighted by atomic mass is 9.62. The molecule has 6 aliphatic carbocycles. The number of allylic oxidation sites excluding steroid dienone is 20. The van der Waals surface area contributed by atoms with Gasteiger partial charge < -0.3 is 9.47 Å². The lowest BCUT2D eigenvalue weighted by Gasteiger charge is -2.40. The van der Waals surface area contributed by atoms with Crippen molar-refractivity contribution in [3.05, 3.63) is 286 Å². The van der Waals surface area contributed by atoms with E-state index < -0.39 is 0 Å². The molecule has 0 bridgehead atoms. The fraction of sp³-hybridized carbons (Fsp3) is 0.159. The van der Waals surface area contributed by atoms with Crippen LogP contribution in [-0.4, -0.2) is 10.6 Å². The van der Waals surface area contributed by atoms with Crippen LogP contribution in [0.5, 0.6) is 0 Å². The van der Waals surface area contributed by atoms with Crippen molar-refractivity contribution in [2.24, 2.45) is 0 Å². The summed E-state index contributed by atoms with van der Waals surface area (Å²) in [6, 6.07) is 54.7. The molecule has 0 saturated heterocycles. The Labute approximate surface area is 419 Å². The monoisotopic (exact) mass is 914 g/mol. The second kappa shape index (κ2) is 18.1. The zero-order valence-electron chi connectivity index (χ0n) is 40.6. The lowest BCUT2D eigenvalue weighted by Crippen LogP contribution is -2.32. The van der Waals surface area contributed by atoms with Crippen molar-refractivity contribution in [1.82, 2.24) is 4.57 Å². The van der Waals surface area contributed by atoms with E-state index in [0.29, 0.717) is 0 Å². The molecule has 0 fully saturated rings. The molecule has 1 atom stereocenters. The van der Waals surface area contributed by atoms with E-state index >= 15 is 0 Å². The summed E-state index contributed by atoms with van der Waals surface area (Å²) >= 11 is 0. The minimum Gasteiger partial charge on any atom is -0.334 e. The Bertz CT molecular complexity index is 3580. The van der Waals surface area contributed by atoms with Gasteiger partial charge >= 0.3 is 0 Å². The number of hydrogen-bond donors (Lipinski definition) is 0. The van der Waals surface area contributed by atoms with Gasteiger partial charge in [-0.1, -0.05) is 194 Å². The summed E-state index contributed by atoms with van der Waals surface area (Å²) in [4.78, 5) is 2.57. The van der Waals surface area contributed by atoms with Gasteiger partial charge in [0.15, 0.2) is 0 Å². The normalized spacial score (nSPS) is 19.1. The van der Waals surface area contributed by atoms with E-state index in [1.807, 2.05) is 0 Å². The quantitative estimate of drug-likeness (QED) is 0.124. The standard InChI is InChI=1S/C69H58N2/c1-2-3-4-5-8-20-48-33-37-51(38-34-48)69(65-30-16-13-25-60(65)61-26-14-17-31-66(61)69)52-39-35-49(36-40-52)57-28-19-29-59-58-43-41-55(45-50(58)46-64(57)59)70(53-21-9-6-10-22-53)56-42-44-63-62-27-15-18-32-67(62)71(68(63)47-56)54-23-11-7-12-24-54/h2-12,15-24,27-33,35-37,39-40,42-45,47,55H,13-14,25-26,34,38,41,46H2,1H3/b3-2-,5-4-,20-8+. The predicted molar refractivity (Wildman–Crippen MR) is 300 cm³/mol. The first-order valence-corrected chi connectivity index (χ1v) is 25.9. The van der Waals surface area contributed by atoms with Gasteiger partial charge in [0.25, 0.3) is 0 Å². The molecule has 0 N–H and O–H groups in total. The Kier molecular flexibility index (Phi) is 11.0. The van der Waals surface area contributed by atoms with Crippen LogP contribution in [0.1, 0.15) is 68.6 Å². The molecule has 13 rings (SSSR count). The van der Waals surface area contributed by atoms with Gasteiger partial charge in [0.05, 0.1) is 22.5 Å². The molecule has 6 aromatic carbocycles. The Morgan fingerprint density at radius 3 is 2.08 bits per heavy atom. The molecule has 1 unspecified atom stereocenters. The van der Waals surface area contributed by atoms with Crippen LogP contribution >= 0.6 is 0 Å². The van der Waals surface area contributed by atoms with Crippen molar-refractivity contribution >= 4 is 38.8 Å². The van der Waals surface area contributed by atoms with Gasteiger partial charge in [0.1, 0.15) is 0 Å². The van der Waals surface area contributed by atoms with Gasteiger partial charge in [-0.05, 0) is 168 Å². The van der Waals surface area contributed by atoms with Crippen molar-refractivity contribution < 1.29 is 0 Å². The number of benzene rings is 6. The molecule has 344 valence electrons. The highest BCUT2D eigenvalue weighted by Gasteiger charge is 2.49. The average Bonchev–Trinajstić information content (AvgIpc) is 4.08. The van der Waals surface area contributed by atoms with Crippen LogP contribution in [0.15, 0.2) is 270 Å². The summed E-state index contributed by atoms with van der Waals surface area (Å²) in [7, 11) is 0. The van der Waals surface area contributed by atoms with Crippen LogP contribution < -0.4 is 4.90 Å². The highest BCUT2D eigenvalue weighted by molar-refractivity contribution is 6.10. The number of fused-ring (bicyclic) bond motifs is 7. The number of rotatable bonds is 10. The maximum Gasteiger partial charge on any atom is 0.0669 e. The van der Waals surface area contributed by atoms with Crippen LogP contribution in [0, 0.1) is 0 Å². The molecule has 2 heteroatoms. The number of aromatic nitrogens is 1. The summed E-state index contributed by atoms with van der Waals surface area (Å²) in [5, 5.41) is 2.54.